The Hall–Kier alpha value is -0.620. The summed E-state index contributed by atoms with van der Waals surface area (Å²) in [6.45, 7) is 2.62. The van der Waals surface area contributed by atoms with Crippen LogP contribution in [0, 0.1) is 17.2 Å². The molecule has 0 spiro atoms. The Morgan fingerprint density at radius 1 is 1.42 bits per heavy atom. The minimum atomic E-state index is -0.175. The van der Waals surface area contributed by atoms with Gasteiger partial charge in [-0.3, -0.25) is 4.39 Å². The van der Waals surface area contributed by atoms with Crippen LogP contribution in [-0.4, -0.2) is 31.2 Å². The van der Waals surface area contributed by atoms with Gasteiger partial charge in [0, 0.05) is 13.0 Å². The maximum Gasteiger partial charge on any atom is 0.0923 e. The predicted molar refractivity (Wildman–Crippen MR) is 45.4 cm³/mol. The average molecular weight is 170 g/mol. The number of likely N-dealkylation sites (tertiary alicyclic amines) is 1. The highest BCUT2D eigenvalue weighted by Crippen LogP contribution is 2.17. The number of nitrogens with zero attached hydrogens (tertiary/aromatic N) is 2. The van der Waals surface area contributed by atoms with E-state index >= 15 is 0 Å². The molecule has 0 aliphatic carbocycles. The summed E-state index contributed by atoms with van der Waals surface area (Å²) in [5, 5.41) is 8.36. The van der Waals surface area contributed by atoms with Gasteiger partial charge in [-0.2, -0.15) is 5.26 Å². The molecule has 3 heteroatoms. The zero-order chi connectivity index (χ0) is 8.81. The third kappa shape index (κ3) is 2.78. The van der Waals surface area contributed by atoms with Gasteiger partial charge in [0.25, 0.3) is 0 Å². The maximum absolute atomic E-state index is 12.2. The van der Waals surface area contributed by atoms with Crippen molar-refractivity contribution in [2.75, 3.05) is 26.3 Å². The molecular weight excluding hydrogens is 155 g/mol. The van der Waals surface area contributed by atoms with E-state index in [0.29, 0.717) is 6.42 Å². The van der Waals surface area contributed by atoms with Crippen LogP contribution in [0.25, 0.3) is 0 Å². The molecule has 0 radical (unpaired) electrons. The normalized spacial score (nSPS) is 20.7. The van der Waals surface area contributed by atoms with E-state index in [1.807, 2.05) is 0 Å². The Bertz CT molecular complexity index is 156. The first-order chi connectivity index (χ1) is 5.86. The number of nitriles is 1. The van der Waals surface area contributed by atoms with Gasteiger partial charge in [-0.1, -0.05) is 0 Å². The van der Waals surface area contributed by atoms with Gasteiger partial charge in [-0.05, 0) is 31.8 Å². The summed E-state index contributed by atoms with van der Waals surface area (Å²) < 4.78 is 12.2. The molecule has 1 rings (SSSR count). The molecule has 1 heterocycles. The molecule has 0 saturated carbocycles. The van der Waals surface area contributed by atoms with Gasteiger partial charge in [-0.25, -0.2) is 0 Å². The van der Waals surface area contributed by atoms with Gasteiger partial charge >= 0.3 is 0 Å². The molecule has 12 heavy (non-hydrogen) atoms. The number of alkyl halides is 1. The first-order valence-corrected chi connectivity index (χ1v) is 4.52. The molecular formula is C9H15FN2. The van der Waals surface area contributed by atoms with Gasteiger partial charge < -0.3 is 4.90 Å². The van der Waals surface area contributed by atoms with Crippen LogP contribution in [0.5, 0.6) is 0 Å². The molecule has 68 valence electrons. The number of hydrogen-bond donors (Lipinski definition) is 0. The minimum Gasteiger partial charge on any atom is -0.302 e. The van der Waals surface area contributed by atoms with Crippen LogP contribution in [0.15, 0.2) is 0 Å². The van der Waals surface area contributed by atoms with Crippen molar-refractivity contribution in [2.45, 2.75) is 19.3 Å². The van der Waals surface area contributed by atoms with Crippen LogP contribution >= 0.6 is 0 Å². The first-order valence-electron chi connectivity index (χ1n) is 4.52. The van der Waals surface area contributed by atoms with Crippen molar-refractivity contribution >= 4 is 0 Å². The lowest BCUT2D eigenvalue weighted by atomic mass is 9.98. The van der Waals surface area contributed by atoms with Crippen LogP contribution < -0.4 is 0 Å². The van der Waals surface area contributed by atoms with E-state index in [0.717, 1.165) is 32.5 Å². The summed E-state index contributed by atoms with van der Waals surface area (Å²) in [6.07, 6.45) is 2.52. The van der Waals surface area contributed by atoms with Gasteiger partial charge in [0.2, 0.25) is 0 Å². The van der Waals surface area contributed by atoms with Crippen molar-refractivity contribution in [2.24, 2.45) is 5.92 Å². The molecule has 1 saturated heterocycles. The SMILES string of the molecule is N#CCCN1CCC(CF)CC1. The smallest absolute Gasteiger partial charge is 0.0923 e. The van der Waals surface area contributed by atoms with Crippen molar-refractivity contribution in [1.29, 1.82) is 5.26 Å². The van der Waals surface area contributed by atoms with Crippen LogP contribution in [0.1, 0.15) is 19.3 Å². The summed E-state index contributed by atoms with van der Waals surface area (Å²) >= 11 is 0. The van der Waals surface area contributed by atoms with Crippen molar-refractivity contribution in [3.63, 3.8) is 0 Å². The molecule has 2 nitrogen and oxygen atoms in total. The summed E-state index contributed by atoms with van der Waals surface area (Å²) in [7, 11) is 0. The molecule has 1 aliphatic rings. The molecule has 0 aromatic rings. The Morgan fingerprint density at radius 3 is 2.58 bits per heavy atom. The second kappa shape index (κ2) is 5.10. The topological polar surface area (TPSA) is 27.0 Å². The number of piperidine rings is 1. The largest absolute Gasteiger partial charge is 0.302 e. The molecule has 0 amide bonds. The van der Waals surface area contributed by atoms with E-state index < -0.39 is 0 Å². The van der Waals surface area contributed by atoms with Crippen LogP contribution in [0.3, 0.4) is 0 Å². The lowest BCUT2D eigenvalue weighted by Crippen LogP contribution is -2.34. The highest BCUT2D eigenvalue weighted by atomic mass is 19.1. The molecule has 0 aromatic carbocycles. The predicted octanol–water partition coefficient (Wildman–Crippen LogP) is 1.58. The summed E-state index contributed by atoms with van der Waals surface area (Å²) in [5.41, 5.74) is 0. The first kappa shape index (κ1) is 9.47. The van der Waals surface area contributed by atoms with Gasteiger partial charge in [0.05, 0.1) is 12.7 Å². The number of hydrogen-bond acceptors (Lipinski definition) is 2. The fraction of sp³-hybridized carbons (Fsp3) is 0.889. The zero-order valence-electron chi connectivity index (χ0n) is 7.30. The molecule has 1 aliphatic heterocycles. The van der Waals surface area contributed by atoms with E-state index in [4.69, 9.17) is 5.26 Å². The van der Waals surface area contributed by atoms with E-state index in [-0.39, 0.29) is 12.6 Å². The Balaban J connectivity index is 2.14. The van der Waals surface area contributed by atoms with Crippen LogP contribution in [0.4, 0.5) is 4.39 Å². The molecule has 1 fully saturated rings. The molecule has 0 aromatic heterocycles. The maximum atomic E-state index is 12.2. The monoisotopic (exact) mass is 170 g/mol. The van der Waals surface area contributed by atoms with Gasteiger partial charge in [0.15, 0.2) is 0 Å². The highest BCUT2D eigenvalue weighted by Gasteiger charge is 2.17. The average Bonchev–Trinajstić information content (AvgIpc) is 2.15. The number of rotatable bonds is 3. The third-order valence-electron chi connectivity index (χ3n) is 2.47. The Morgan fingerprint density at radius 2 is 2.08 bits per heavy atom. The molecule has 0 bridgehead atoms. The van der Waals surface area contributed by atoms with E-state index in [2.05, 4.69) is 11.0 Å². The van der Waals surface area contributed by atoms with Crippen LogP contribution in [-0.2, 0) is 0 Å². The van der Waals surface area contributed by atoms with E-state index in [1.165, 1.54) is 0 Å². The van der Waals surface area contributed by atoms with Gasteiger partial charge in [0.1, 0.15) is 0 Å². The second-order valence-electron chi connectivity index (χ2n) is 3.35. The summed E-state index contributed by atoms with van der Waals surface area (Å²) in [5.74, 6) is 0.281. The lowest BCUT2D eigenvalue weighted by molar-refractivity contribution is 0.168. The molecule has 0 N–H and O–H groups in total. The zero-order valence-corrected chi connectivity index (χ0v) is 7.30. The van der Waals surface area contributed by atoms with Crippen molar-refractivity contribution in [1.82, 2.24) is 4.90 Å². The number of halogens is 1. The summed E-state index contributed by atoms with van der Waals surface area (Å²) in [4.78, 5) is 2.25. The molecule has 0 atom stereocenters. The standard InChI is InChI=1S/C9H15FN2/c10-8-9-2-6-12(7-3-9)5-1-4-11/h9H,1-3,5-8H2. The lowest BCUT2D eigenvalue weighted by Gasteiger charge is -2.29. The fourth-order valence-corrected chi connectivity index (χ4v) is 1.57. The molecule has 0 unspecified atom stereocenters. The highest BCUT2D eigenvalue weighted by molar-refractivity contribution is 4.76. The Labute approximate surface area is 73.0 Å². The fourth-order valence-electron chi connectivity index (χ4n) is 1.57. The quantitative estimate of drug-likeness (QED) is 0.643. The minimum absolute atomic E-state index is 0.175. The van der Waals surface area contributed by atoms with Gasteiger partial charge in [-0.15, -0.1) is 0 Å². The van der Waals surface area contributed by atoms with Crippen molar-refractivity contribution < 1.29 is 4.39 Å². The van der Waals surface area contributed by atoms with Crippen LogP contribution in [0.2, 0.25) is 0 Å². The van der Waals surface area contributed by atoms with E-state index in [9.17, 15) is 4.39 Å². The van der Waals surface area contributed by atoms with Crippen molar-refractivity contribution in [3.05, 3.63) is 0 Å². The summed E-state index contributed by atoms with van der Waals surface area (Å²) in [6, 6.07) is 2.12. The van der Waals surface area contributed by atoms with E-state index in [1.54, 1.807) is 0 Å². The Kier molecular flexibility index (Phi) is 4.02. The van der Waals surface area contributed by atoms with Crippen molar-refractivity contribution in [3.8, 4) is 6.07 Å². The second-order valence-corrected chi connectivity index (χ2v) is 3.35. The third-order valence-corrected chi connectivity index (χ3v) is 2.47.